The van der Waals surface area contributed by atoms with Crippen LogP contribution in [0.4, 0.5) is 6.01 Å². The summed E-state index contributed by atoms with van der Waals surface area (Å²) in [5.41, 5.74) is 0. The summed E-state index contributed by atoms with van der Waals surface area (Å²) in [5, 5.41) is 7.74. The van der Waals surface area contributed by atoms with Crippen molar-refractivity contribution in [1.29, 1.82) is 0 Å². The zero-order valence-electron chi connectivity index (χ0n) is 11.6. The van der Waals surface area contributed by atoms with Crippen LogP contribution in [-0.2, 0) is 9.47 Å². The highest BCUT2D eigenvalue weighted by Gasteiger charge is 2.33. The monoisotopic (exact) mass is 281 g/mol. The van der Waals surface area contributed by atoms with E-state index in [2.05, 4.69) is 15.1 Å². The van der Waals surface area contributed by atoms with Crippen molar-refractivity contribution in [1.82, 2.24) is 10.2 Å². The first-order valence-electron chi connectivity index (χ1n) is 7.13. The minimum absolute atomic E-state index is 0.0847. The van der Waals surface area contributed by atoms with Gasteiger partial charge in [0.2, 0.25) is 0 Å². The van der Waals surface area contributed by atoms with E-state index in [1.165, 1.54) is 12.8 Å². The number of esters is 1. The number of morpholine rings is 1. The second-order valence-electron chi connectivity index (χ2n) is 5.21. The predicted octanol–water partition coefficient (Wildman–Crippen LogP) is 1.25. The van der Waals surface area contributed by atoms with Crippen LogP contribution in [0.2, 0.25) is 0 Å². The van der Waals surface area contributed by atoms with Crippen LogP contribution < -0.4 is 4.90 Å². The number of rotatable bonds is 5. The smallest absolute Gasteiger partial charge is 0.396 e. The Hall–Kier alpha value is -1.63. The Labute approximate surface area is 117 Å². The first-order chi connectivity index (χ1) is 9.78. The van der Waals surface area contributed by atoms with Gasteiger partial charge in [0.1, 0.15) is 0 Å². The number of hydrogen-bond acceptors (Lipinski definition) is 7. The fraction of sp³-hybridized carbons (Fsp3) is 0.769. The Morgan fingerprint density at radius 3 is 3.05 bits per heavy atom. The quantitative estimate of drug-likeness (QED) is 0.751. The maximum atomic E-state index is 11.5. The van der Waals surface area contributed by atoms with Crippen molar-refractivity contribution in [3.8, 4) is 0 Å². The first-order valence-corrected chi connectivity index (χ1v) is 7.13. The molecule has 0 spiro atoms. The molecule has 1 aliphatic carbocycles. The third-order valence-corrected chi connectivity index (χ3v) is 3.64. The van der Waals surface area contributed by atoms with E-state index < -0.39 is 5.97 Å². The van der Waals surface area contributed by atoms with Crippen LogP contribution in [0.5, 0.6) is 0 Å². The van der Waals surface area contributed by atoms with Gasteiger partial charge in [-0.3, -0.25) is 0 Å². The third-order valence-electron chi connectivity index (χ3n) is 3.64. The Kier molecular flexibility index (Phi) is 3.86. The summed E-state index contributed by atoms with van der Waals surface area (Å²) >= 11 is 0. The molecule has 20 heavy (non-hydrogen) atoms. The number of nitrogens with zero attached hydrogens (tertiary/aromatic N) is 3. The van der Waals surface area contributed by atoms with Crippen LogP contribution in [0, 0.1) is 5.92 Å². The van der Waals surface area contributed by atoms with E-state index in [1.807, 2.05) is 0 Å². The SMILES string of the molecule is CCOC(=O)c1nnc(N2CCOCC2CC2CC2)o1. The molecule has 1 saturated heterocycles. The maximum Gasteiger partial charge on any atom is 0.396 e. The van der Waals surface area contributed by atoms with Gasteiger partial charge in [-0.15, -0.1) is 0 Å². The number of anilines is 1. The normalized spacial score (nSPS) is 22.9. The molecule has 0 radical (unpaired) electrons. The molecule has 0 N–H and O–H groups in total. The van der Waals surface area contributed by atoms with Gasteiger partial charge in [0.15, 0.2) is 0 Å². The van der Waals surface area contributed by atoms with Crippen molar-refractivity contribution < 1.29 is 18.7 Å². The fourth-order valence-corrected chi connectivity index (χ4v) is 2.45. The molecule has 1 aromatic heterocycles. The lowest BCUT2D eigenvalue weighted by atomic mass is 10.1. The highest BCUT2D eigenvalue weighted by molar-refractivity contribution is 5.84. The molecule has 2 heterocycles. The summed E-state index contributed by atoms with van der Waals surface area (Å²) in [4.78, 5) is 13.6. The van der Waals surface area contributed by atoms with Crippen molar-refractivity contribution in [2.75, 3.05) is 31.3 Å². The summed E-state index contributed by atoms with van der Waals surface area (Å²) in [6.07, 6.45) is 3.67. The number of carbonyl (C=O) groups is 1. The summed E-state index contributed by atoms with van der Waals surface area (Å²) in [6.45, 7) is 4.05. The molecule has 7 nitrogen and oxygen atoms in total. The largest absolute Gasteiger partial charge is 0.459 e. The van der Waals surface area contributed by atoms with Gasteiger partial charge in [0.25, 0.3) is 0 Å². The van der Waals surface area contributed by atoms with Crippen molar-refractivity contribution in [2.24, 2.45) is 5.92 Å². The Morgan fingerprint density at radius 2 is 2.30 bits per heavy atom. The van der Waals surface area contributed by atoms with Gasteiger partial charge < -0.3 is 18.8 Å². The van der Waals surface area contributed by atoms with E-state index in [0.29, 0.717) is 32.4 Å². The topological polar surface area (TPSA) is 77.7 Å². The molecule has 110 valence electrons. The van der Waals surface area contributed by atoms with Crippen LogP contribution in [0.1, 0.15) is 36.9 Å². The van der Waals surface area contributed by atoms with E-state index in [0.717, 1.165) is 12.3 Å². The molecule has 2 fully saturated rings. The number of carbonyl (C=O) groups excluding carboxylic acids is 1. The molecule has 2 aliphatic rings. The third kappa shape index (κ3) is 2.92. The molecule has 0 aromatic carbocycles. The average Bonchev–Trinajstić information content (AvgIpc) is 3.13. The molecule has 0 bridgehead atoms. The Balaban J connectivity index is 1.70. The van der Waals surface area contributed by atoms with Gasteiger partial charge in [-0.2, -0.15) is 0 Å². The maximum absolute atomic E-state index is 11.5. The molecule has 1 saturated carbocycles. The van der Waals surface area contributed by atoms with Gasteiger partial charge >= 0.3 is 17.9 Å². The molecular weight excluding hydrogens is 262 g/mol. The van der Waals surface area contributed by atoms with E-state index in [9.17, 15) is 4.79 Å². The summed E-state index contributed by atoms with van der Waals surface area (Å²) in [7, 11) is 0. The van der Waals surface area contributed by atoms with Crippen molar-refractivity contribution in [2.45, 2.75) is 32.2 Å². The van der Waals surface area contributed by atoms with Crippen LogP contribution in [0.15, 0.2) is 4.42 Å². The zero-order valence-corrected chi connectivity index (χ0v) is 11.6. The van der Waals surface area contributed by atoms with Gasteiger partial charge in [-0.05, 0) is 19.3 Å². The van der Waals surface area contributed by atoms with E-state index in [1.54, 1.807) is 6.92 Å². The van der Waals surface area contributed by atoms with Crippen LogP contribution in [0.25, 0.3) is 0 Å². The van der Waals surface area contributed by atoms with Crippen LogP contribution in [0.3, 0.4) is 0 Å². The molecule has 0 amide bonds. The molecular formula is C13H19N3O4. The standard InChI is InChI=1S/C13H19N3O4/c1-2-19-12(17)11-14-15-13(20-11)16-5-6-18-8-10(16)7-9-3-4-9/h9-10H,2-8H2,1H3. The zero-order chi connectivity index (χ0) is 13.9. The van der Waals surface area contributed by atoms with E-state index in [4.69, 9.17) is 13.9 Å². The second kappa shape index (κ2) is 5.78. The fourth-order valence-electron chi connectivity index (χ4n) is 2.45. The molecule has 1 atom stereocenters. The summed E-state index contributed by atoms with van der Waals surface area (Å²) < 4.78 is 15.8. The Bertz CT molecular complexity index is 472. The molecule has 1 aliphatic heterocycles. The molecule has 3 rings (SSSR count). The van der Waals surface area contributed by atoms with E-state index >= 15 is 0 Å². The lowest BCUT2D eigenvalue weighted by Gasteiger charge is -2.34. The van der Waals surface area contributed by atoms with Crippen molar-refractivity contribution >= 4 is 12.0 Å². The first kappa shape index (κ1) is 13.4. The minimum atomic E-state index is -0.571. The second-order valence-corrected chi connectivity index (χ2v) is 5.21. The highest BCUT2D eigenvalue weighted by Crippen LogP contribution is 2.36. The molecule has 7 heteroatoms. The number of aromatic nitrogens is 2. The summed E-state index contributed by atoms with van der Waals surface area (Å²) in [5.74, 6) is 0.133. The molecule has 1 aromatic rings. The van der Waals surface area contributed by atoms with Crippen molar-refractivity contribution in [3.63, 3.8) is 0 Å². The highest BCUT2D eigenvalue weighted by atomic mass is 16.5. The van der Waals surface area contributed by atoms with Crippen LogP contribution >= 0.6 is 0 Å². The Morgan fingerprint density at radius 1 is 1.45 bits per heavy atom. The lowest BCUT2D eigenvalue weighted by Crippen LogP contribution is -2.46. The van der Waals surface area contributed by atoms with Gasteiger partial charge in [0, 0.05) is 6.54 Å². The predicted molar refractivity (Wildman–Crippen MR) is 69.5 cm³/mol. The van der Waals surface area contributed by atoms with Gasteiger partial charge in [-0.1, -0.05) is 23.0 Å². The molecule has 1 unspecified atom stereocenters. The van der Waals surface area contributed by atoms with Crippen LogP contribution in [-0.4, -0.2) is 48.6 Å². The van der Waals surface area contributed by atoms with Crippen molar-refractivity contribution in [3.05, 3.63) is 5.89 Å². The van der Waals surface area contributed by atoms with E-state index in [-0.39, 0.29) is 11.9 Å². The summed E-state index contributed by atoms with van der Waals surface area (Å²) in [6, 6.07) is 0.647. The van der Waals surface area contributed by atoms with Gasteiger partial charge in [-0.25, -0.2) is 4.79 Å². The average molecular weight is 281 g/mol. The van der Waals surface area contributed by atoms with Gasteiger partial charge in [0.05, 0.1) is 25.9 Å². The lowest BCUT2D eigenvalue weighted by molar-refractivity contribution is 0.0479. The number of hydrogen-bond donors (Lipinski definition) is 0. The minimum Gasteiger partial charge on any atom is -0.459 e. The number of ether oxygens (including phenoxy) is 2.